The van der Waals surface area contributed by atoms with E-state index in [9.17, 15) is 0 Å². The van der Waals surface area contributed by atoms with Gasteiger partial charge in [0.25, 0.3) is 0 Å². The maximum Gasteiger partial charge on any atom is 2.00 e. The molecule has 0 fully saturated rings. The van der Waals surface area contributed by atoms with E-state index >= 15 is 0 Å². The van der Waals surface area contributed by atoms with Gasteiger partial charge in [-0.05, 0) is 0 Å². The Kier molecular flexibility index (Phi) is 489. The molecule has 0 saturated carbocycles. The second kappa shape index (κ2) is 66.9. The molecule has 0 rings (SSSR count). The predicted molar refractivity (Wildman–Crippen MR) is 43.4 cm³/mol. The van der Waals surface area contributed by atoms with Gasteiger partial charge in [-0.3, -0.25) is 0 Å². The summed E-state index contributed by atoms with van der Waals surface area (Å²) in [5.41, 5.74) is 0. The van der Waals surface area contributed by atoms with E-state index in [1.165, 1.54) is 0 Å². The van der Waals surface area contributed by atoms with Gasteiger partial charge in [0, 0.05) is 0 Å². The number of rotatable bonds is 0. The molecule has 0 atom stereocenters. The fourth-order valence-corrected chi connectivity index (χ4v) is 0. The van der Waals surface area contributed by atoms with Crippen molar-refractivity contribution in [2.45, 2.75) is 0 Å². The third-order valence-corrected chi connectivity index (χ3v) is 0. The summed E-state index contributed by atoms with van der Waals surface area (Å²) in [7, 11) is -9.89. The van der Waals surface area contributed by atoms with E-state index in [-0.39, 0.29) is 82.8 Å². The second-order valence-electron chi connectivity index (χ2n) is 0.756. The van der Waals surface area contributed by atoms with E-state index in [0.717, 1.165) is 0 Å². The molecule has 0 amide bonds. The summed E-state index contributed by atoms with van der Waals surface area (Å²) in [6, 6.07) is 0. The van der Waals surface area contributed by atoms with Crippen molar-refractivity contribution in [2.24, 2.45) is 0 Å². The van der Waals surface area contributed by atoms with Gasteiger partial charge >= 0.3 is 17.1 Å². The minimum absolute atomic E-state index is 0. The molecule has 0 aliphatic rings. The van der Waals surface area contributed by atoms with Crippen molar-refractivity contribution in [1.82, 2.24) is 0 Å². The zero-order valence-electron chi connectivity index (χ0n) is 10.3. The average molecular weight is 479 g/mol. The molecule has 0 spiro atoms. The Balaban J connectivity index is -0.00000000274. The topological polar surface area (TPSA) is 562 Å². The van der Waals surface area contributed by atoms with Crippen molar-refractivity contribution < 1.29 is 141 Å². The quantitative estimate of drug-likeness (QED) is 0.299. The molecule has 169 valence electrons. The fraction of sp³-hybridized carbons (Fsp3) is 0. The molecule has 1 radical (unpaired) electrons. The molecule has 20 nitrogen and oxygen atoms in total. The van der Waals surface area contributed by atoms with E-state index in [0.29, 0.717) is 0 Å². The molecule has 0 bridgehead atoms. The first kappa shape index (κ1) is 168. The van der Waals surface area contributed by atoms with E-state index in [1.807, 2.05) is 0 Å². The fourth-order valence-electron chi connectivity index (χ4n) is 0. The van der Waals surface area contributed by atoms with Gasteiger partial charge in [0.1, 0.15) is 0 Å². The van der Waals surface area contributed by atoms with Crippen LogP contribution in [-0.4, -0.2) is 65.7 Å². The van der Waals surface area contributed by atoms with Gasteiger partial charge in [0.05, 0.1) is 0 Å². The molecule has 0 aliphatic heterocycles. The monoisotopic (exact) mass is 477 g/mol. The van der Waals surface area contributed by atoms with Crippen LogP contribution in [0.15, 0.2) is 0 Å². The Morgan fingerprint density at radius 2 is 0.261 bits per heavy atom. The molecular weight excluding hydrogens is 454 g/mol. The minimum atomic E-state index is -4.94. The molecule has 0 aliphatic carbocycles. The van der Waals surface area contributed by atoms with Gasteiger partial charge in [-0.15, -0.1) is 20.5 Å². The van der Waals surface area contributed by atoms with Gasteiger partial charge in [-0.2, -0.15) is 0 Å². The van der Waals surface area contributed by atoms with Crippen LogP contribution in [0.4, 0.5) is 0 Å². The van der Waals surface area contributed by atoms with Crippen LogP contribution < -0.4 is 37.3 Å². The first-order chi connectivity index (χ1) is 4.00. The van der Waals surface area contributed by atoms with Gasteiger partial charge < -0.3 is 65.7 Å². The molecular formula is H24Cl2CuO20. The Bertz CT molecular complexity index is 58.6. The normalized spacial score (nSPS) is 5.22. The molecule has 23 heteroatoms. The summed E-state index contributed by atoms with van der Waals surface area (Å²) in [6.07, 6.45) is 0. The Hall–Kier alpha value is 0.299. The molecule has 0 aromatic rings. The zero-order chi connectivity index (χ0) is 9.00. The minimum Gasteiger partial charge on any atom is -0.412 e. The molecule has 24 N–H and O–H groups in total. The second-order valence-corrected chi connectivity index (χ2v) is 2.27. The predicted octanol–water partition coefficient (Wildman–Crippen LogP) is -19.4. The number of hydrogen-bond donors (Lipinski definition) is 0. The number of hydrogen-bond acceptors (Lipinski definition) is 8. The van der Waals surface area contributed by atoms with Crippen LogP contribution >= 0.6 is 0 Å². The SMILES string of the molecule is O.O.O.O.O.O.O.O.O.O.O.O.[Cu+2].[O-][Cl+3]([O-])([O-])[O-].[O-][Cl+3]([O-])([O-])[O-]. The summed E-state index contributed by atoms with van der Waals surface area (Å²) in [5.74, 6) is 0. The van der Waals surface area contributed by atoms with Gasteiger partial charge in [0.2, 0.25) is 0 Å². The van der Waals surface area contributed by atoms with E-state index in [4.69, 9.17) is 37.3 Å². The summed E-state index contributed by atoms with van der Waals surface area (Å²) >= 11 is 0. The van der Waals surface area contributed by atoms with E-state index in [1.54, 1.807) is 0 Å². The largest absolute Gasteiger partial charge is 2.00 e. The average Bonchev–Trinajstić information content (AvgIpc) is 1.12. The summed E-state index contributed by atoms with van der Waals surface area (Å²) in [6.45, 7) is 0. The van der Waals surface area contributed by atoms with Crippen molar-refractivity contribution >= 4 is 0 Å². The van der Waals surface area contributed by atoms with E-state index in [2.05, 4.69) is 0 Å². The van der Waals surface area contributed by atoms with Gasteiger partial charge in [-0.1, -0.05) is 0 Å². The third kappa shape index (κ3) is 102000. The summed E-state index contributed by atoms with van der Waals surface area (Å²) in [5, 5.41) is 0. The molecule has 0 aromatic heterocycles. The van der Waals surface area contributed by atoms with Crippen LogP contribution in [0.5, 0.6) is 0 Å². The van der Waals surface area contributed by atoms with Crippen LogP contribution in [0.1, 0.15) is 0 Å². The van der Waals surface area contributed by atoms with Crippen molar-refractivity contribution in [3.05, 3.63) is 0 Å². The van der Waals surface area contributed by atoms with Crippen molar-refractivity contribution in [2.75, 3.05) is 0 Å². The first-order valence-electron chi connectivity index (χ1n) is 1.23. The van der Waals surface area contributed by atoms with Crippen molar-refractivity contribution in [3.8, 4) is 0 Å². The Labute approximate surface area is 141 Å². The zero-order valence-corrected chi connectivity index (χ0v) is 12.8. The molecule has 0 unspecified atom stereocenters. The van der Waals surface area contributed by atoms with Gasteiger partial charge in [0.15, 0.2) is 0 Å². The maximum atomic E-state index is 8.49. The molecule has 0 saturated heterocycles. The first-order valence-corrected chi connectivity index (χ1v) is 3.70. The summed E-state index contributed by atoms with van der Waals surface area (Å²) < 4.78 is 67.9. The molecule has 23 heavy (non-hydrogen) atoms. The van der Waals surface area contributed by atoms with Crippen LogP contribution in [0.25, 0.3) is 0 Å². The van der Waals surface area contributed by atoms with E-state index < -0.39 is 20.5 Å². The third-order valence-electron chi connectivity index (χ3n) is 0. The molecule has 0 heterocycles. The van der Waals surface area contributed by atoms with Crippen molar-refractivity contribution in [1.29, 1.82) is 0 Å². The van der Waals surface area contributed by atoms with Crippen LogP contribution in [-0.2, 0) is 17.1 Å². The maximum absolute atomic E-state index is 8.49. The Morgan fingerprint density at radius 1 is 0.261 bits per heavy atom. The molecule has 0 aromatic carbocycles. The van der Waals surface area contributed by atoms with Crippen LogP contribution in [0.3, 0.4) is 0 Å². The van der Waals surface area contributed by atoms with Crippen molar-refractivity contribution in [3.63, 3.8) is 0 Å². The smallest absolute Gasteiger partial charge is 0.412 e. The van der Waals surface area contributed by atoms with Gasteiger partial charge in [-0.25, -0.2) is 37.3 Å². The standard InChI is InChI=1S/2ClHO4.Cu.12H2O/c2*2-1(3,4)5;;;;;;;;;;;;;/h2*(H,2,3,4,5);;12*1H2/q;;+2;;;;;;;;;;;;/p-2. The summed E-state index contributed by atoms with van der Waals surface area (Å²) in [4.78, 5) is 0. The number of halogens is 2. The van der Waals surface area contributed by atoms with Crippen LogP contribution in [0, 0.1) is 20.5 Å². The van der Waals surface area contributed by atoms with Crippen LogP contribution in [0.2, 0.25) is 0 Å². The Morgan fingerprint density at radius 3 is 0.261 bits per heavy atom.